The first-order valence-electron chi connectivity index (χ1n) is 6.58. The normalized spacial score (nSPS) is 13.8. The van der Waals surface area contributed by atoms with Gasteiger partial charge in [-0.3, -0.25) is 4.79 Å². The molecule has 0 radical (unpaired) electrons. The van der Waals surface area contributed by atoms with Crippen LogP contribution in [0.15, 0.2) is 18.2 Å². The van der Waals surface area contributed by atoms with Crippen LogP contribution in [0.25, 0.3) is 11.3 Å². The third-order valence-electron chi connectivity index (χ3n) is 3.60. The summed E-state index contributed by atoms with van der Waals surface area (Å²) in [5.74, 6) is 0.809. The van der Waals surface area contributed by atoms with Crippen LogP contribution in [0.5, 0.6) is 0 Å². The third-order valence-corrected chi connectivity index (χ3v) is 3.60. The highest BCUT2D eigenvalue weighted by molar-refractivity contribution is 5.86. The van der Waals surface area contributed by atoms with Crippen LogP contribution in [-0.4, -0.2) is 22.4 Å². The highest BCUT2D eigenvalue weighted by Crippen LogP contribution is 2.30. The van der Waals surface area contributed by atoms with E-state index >= 15 is 0 Å². The van der Waals surface area contributed by atoms with Gasteiger partial charge in [-0.1, -0.05) is 23.8 Å². The fourth-order valence-corrected chi connectivity index (χ4v) is 2.66. The summed E-state index contributed by atoms with van der Waals surface area (Å²) in [6, 6.07) is 6.23. The van der Waals surface area contributed by atoms with Gasteiger partial charge in [0.25, 0.3) is 0 Å². The smallest absolute Gasteiger partial charge is 0.203 e. The predicted molar refractivity (Wildman–Crippen MR) is 75.6 cm³/mol. The van der Waals surface area contributed by atoms with Crippen LogP contribution in [0.1, 0.15) is 28.0 Å². The van der Waals surface area contributed by atoms with Crippen molar-refractivity contribution in [3.05, 3.63) is 35.0 Å². The molecular weight excluding hydrogens is 238 g/mol. The minimum Gasteiger partial charge on any atom is -0.356 e. The number of imidazole rings is 1. The summed E-state index contributed by atoms with van der Waals surface area (Å²) in [5.41, 5.74) is 4.87. The van der Waals surface area contributed by atoms with Crippen molar-refractivity contribution < 1.29 is 4.79 Å². The maximum atomic E-state index is 11.4. The van der Waals surface area contributed by atoms with Crippen LogP contribution < -0.4 is 5.32 Å². The lowest BCUT2D eigenvalue weighted by molar-refractivity contribution is 0.111. The van der Waals surface area contributed by atoms with Crippen molar-refractivity contribution in [3.8, 4) is 11.3 Å². The van der Waals surface area contributed by atoms with E-state index in [1.165, 1.54) is 5.56 Å². The lowest BCUT2D eigenvalue weighted by Gasteiger charge is -2.15. The summed E-state index contributed by atoms with van der Waals surface area (Å²) in [7, 11) is 0. The molecule has 4 nitrogen and oxygen atoms in total. The summed E-state index contributed by atoms with van der Waals surface area (Å²) in [6.07, 6.45) is 1.94. The largest absolute Gasteiger partial charge is 0.356 e. The maximum Gasteiger partial charge on any atom is 0.203 e. The number of hydrogen-bond acceptors (Lipinski definition) is 3. The van der Waals surface area contributed by atoms with Crippen molar-refractivity contribution in [3.63, 3.8) is 0 Å². The number of aldehydes is 1. The molecule has 0 bridgehead atoms. The molecule has 1 aromatic heterocycles. The Morgan fingerprint density at radius 1 is 1.37 bits per heavy atom. The molecule has 0 spiro atoms. The zero-order valence-corrected chi connectivity index (χ0v) is 11.2. The van der Waals surface area contributed by atoms with Crippen LogP contribution in [-0.2, 0) is 6.54 Å². The van der Waals surface area contributed by atoms with Crippen molar-refractivity contribution in [2.75, 3.05) is 11.9 Å². The molecule has 0 aliphatic carbocycles. The van der Waals surface area contributed by atoms with Crippen molar-refractivity contribution in [1.82, 2.24) is 9.55 Å². The van der Waals surface area contributed by atoms with Gasteiger partial charge < -0.3 is 9.88 Å². The van der Waals surface area contributed by atoms with Crippen LogP contribution >= 0.6 is 0 Å². The number of anilines is 1. The highest BCUT2D eigenvalue weighted by Gasteiger charge is 2.20. The lowest BCUT2D eigenvalue weighted by Crippen LogP contribution is -2.18. The van der Waals surface area contributed by atoms with Gasteiger partial charge in [0, 0.05) is 18.7 Å². The standard InChI is InChI=1S/C15H17N3O/c1-10-4-5-12(11(2)8-10)14-13(9-19)18-7-3-6-16-15(18)17-14/h4-5,8-9H,3,6-7H2,1-2H3,(H,16,17). The Hall–Kier alpha value is -2.10. The van der Waals surface area contributed by atoms with Crippen molar-refractivity contribution in [2.45, 2.75) is 26.8 Å². The Bertz CT molecular complexity index is 643. The third kappa shape index (κ3) is 1.93. The number of hydrogen-bond donors (Lipinski definition) is 1. The first-order valence-corrected chi connectivity index (χ1v) is 6.58. The second kappa shape index (κ2) is 4.53. The quantitative estimate of drug-likeness (QED) is 0.839. The van der Waals surface area contributed by atoms with Gasteiger partial charge in [-0.2, -0.15) is 0 Å². The molecular formula is C15H17N3O. The van der Waals surface area contributed by atoms with Gasteiger partial charge in [-0.15, -0.1) is 0 Å². The average Bonchev–Trinajstić information content (AvgIpc) is 2.76. The molecule has 1 aromatic carbocycles. The predicted octanol–water partition coefficient (Wildman–Crippen LogP) is 2.80. The van der Waals surface area contributed by atoms with Crippen molar-refractivity contribution >= 4 is 12.2 Å². The van der Waals surface area contributed by atoms with Crippen LogP contribution in [0.3, 0.4) is 0 Å². The number of fused-ring (bicyclic) bond motifs is 1. The molecule has 0 unspecified atom stereocenters. The van der Waals surface area contributed by atoms with E-state index in [-0.39, 0.29) is 0 Å². The second-order valence-electron chi connectivity index (χ2n) is 5.04. The van der Waals surface area contributed by atoms with E-state index in [1.807, 2.05) is 10.6 Å². The van der Waals surface area contributed by atoms with E-state index in [9.17, 15) is 4.79 Å². The molecule has 0 amide bonds. The van der Waals surface area contributed by atoms with Crippen LogP contribution in [0, 0.1) is 13.8 Å². The zero-order chi connectivity index (χ0) is 13.4. The number of rotatable bonds is 2. The minimum absolute atomic E-state index is 0.675. The Kier molecular flexibility index (Phi) is 2.85. The van der Waals surface area contributed by atoms with Gasteiger partial charge in [-0.25, -0.2) is 4.98 Å². The summed E-state index contributed by atoms with van der Waals surface area (Å²) < 4.78 is 1.98. The van der Waals surface area contributed by atoms with Crippen molar-refractivity contribution in [1.29, 1.82) is 0 Å². The molecule has 4 heteroatoms. The van der Waals surface area contributed by atoms with Gasteiger partial charge in [0.05, 0.1) is 0 Å². The number of carbonyl (C=O) groups excluding carboxylic acids is 1. The fourth-order valence-electron chi connectivity index (χ4n) is 2.66. The van der Waals surface area contributed by atoms with Crippen LogP contribution in [0.4, 0.5) is 5.95 Å². The molecule has 98 valence electrons. The lowest BCUT2D eigenvalue weighted by atomic mass is 10.0. The average molecular weight is 255 g/mol. The van der Waals surface area contributed by atoms with E-state index in [1.54, 1.807) is 0 Å². The molecule has 2 aromatic rings. The van der Waals surface area contributed by atoms with E-state index in [2.05, 4.69) is 36.3 Å². The Morgan fingerprint density at radius 3 is 2.95 bits per heavy atom. The minimum atomic E-state index is 0.675. The number of nitrogens with zero attached hydrogens (tertiary/aromatic N) is 2. The Morgan fingerprint density at radius 2 is 2.21 bits per heavy atom. The maximum absolute atomic E-state index is 11.4. The Labute approximate surface area is 112 Å². The first kappa shape index (κ1) is 12.0. The monoisotopic (exact) mass is 255 g/mol. The van der Waals surface area contributed by atoms with E-state index in [0.29, 0.717) is 5.69 Å². The van der Waals surface area contributed by atoms with Gasteiger partial charge in [0.1, 0.15) is 11.4 Å². The second-order valence-corrected chi connectivity index (χ2v) is 5.04. The summed E-state index contributed by atoms with van der Waals surface area (Å²) in [5, 5.41) is 3.25. The van der Waals surface area contributed by atoms with Gasteiger partial charge in [0.2, 0.25) is 5.95 Å². The molecule has 2 heterocycles. The Balaban J connectivity index is 2.19. The SMILES string of the molecule is Cc1ccc(-c2nc3n(c2C=O)CCCN3)c(C)c1. The molecule has 0 fully saturated rings. The fraction of sp³-hybridized carbons (Fsp3) is 0.333. The molecule has 1 aliphatic rings. The molecule has 1 aliphatic heterocycles. The number of carbonyl (C=O) groups is 1. The molecule has 19 heavy (non-hydrogen) atoms. The molecule has 3 rings (SSSR count). The number of aromatic nitrogens is 2. The first-order chi connectivity index (χ1) is 9.20. The zero-order valence-electron chi connectivity index (χ0n) is 11.2. The van der Waals surface area contributed by atoms with Gasteiger partial charge in [-0.05, 0) is 25.8 Å². The van der Waals surface area contributed by atoms with E-state index in [0.717, 1.165) is 48.6 Å². The molecule has 1 N–H and O–H groups in total. The topological polar surface area (TPSA) is 46.9 Å². The summed E-state index contributed by atoms with van der Waals surface area (Å²) in [6.45, 7) is 5.90. The van der Waals surface area contributed by atoms with Gasteiger partial charge in [0.15, 0.2) is 6.29 Å². The van der Waals surface area contributed by atoms with Crippen LogP contribution in [0.2, 0.25) is 0 Å². The van der Waals surface area contributed by atoms with Gasteiger partial charge >= 0.3 is 0 Å². The highest BCUT2D eigenvalue weighted by atomic mass is 16.1. The number of aryl methyl sites for hydroxylation is 2. The molecule has 0 saturated heterocycles. The molecule has 0 saturated carbocycles. The number of nitrogens with one attached hydrogen (secondary N) is 1. The molecule has 0 atom stereocenters. The van der Waals surface area contributed by atoms with E-state index in [4.69, 9.17) is 0 Å². The van der Waals surface area contributed by atoms with Crippen molar-refractivity contribution in [2.24, 2.45) is 0 Å². The van der Waals surface area contributed by atoms with E-state index < -0.39 is 0 Å². The summed E-state index contributed by atoms with van der Waals surface area (Å²) >= 11 is 0. The summed E-state index contributed by atoms with van der Waals surface area (Å²) in [4.78, 5) is 16.0. The number of benzene rings is 1.